The minimum absolute atomic E-state index is 0. The number of thiophene rings is 1. The summed E-state index contributed by atoms with van der Waals surface area (Å²) in [5.41, 5.74) is 2.16. The Labute approximate surface area is 192 Å². The number of halogens is 3. The van der Waals surface area contributed by atoms with E-state index in [1.54, 1.807) is 24.5 Å². The van der Waals surface area contributed by atoms with Crippen molar-refractivity contribution in [3.63, 3.8) is 0 Å². The molecule has 3 rings (SSSR count). The maximum atomic E-state index is 13.4. The van der Waals surface area contributed by atoms with Gasteiger partial charge in [0.2, 0.25) is 0 Å². The smallest absolute Gasteiger partial charge is 0.191 e. The summed E-state index contributed by atoms with van der Waals surface area (Å²) in [5.74, 6) is -0.302. The fourth-order valence-electron chi connectivity index (χ4n) is 3.44. The Balaban J connectivity index is 0.00000300. The van der Waals surface area contributed by atoms with Crippen molar-refractivity contribution in [3.8, 4) is 0 Å². The maximum Gasteiger partial charge on any atom is 0.191 e. The zero-order valence-electron chi connectivity index (χ0n) is 16.8. The summed E-state index contributed by atoms with van der Waals surface area (Å²) in [5, 5.41) is 11.2. The molecule has 0 spiro atoms. The molecule has 1 saturated heterocycles. The van der Waals surface area contributed by atoms with Crippen LogP contribution in [0.2, 0.25) is 0 Å². The third-order valence-corrected chi connectivity index (χ3v) is 5.93. The van der Waals surface area contributed by atoms with Crippen LogP contribution in [-0.2, 0) is 6.54 Å². The highest BCUT2D eigenvalue weighted by Crippen LogP contribution is 2.18. The van der Waals surface area contributed by atoms with E-state index in [-0.39, 0.29) is 24.0 Å². The second-order valence-electron chi connectivity index (χ2n) is 7.35. The summed E-state index contributed by atoms with van der Waals surface area (Å²) in [7, 11) is 1.79. The summed E-state index contributed by atoms with van der Waals surface area (Å²) < 4.78 is 26.4. The molecule has 1 aromatic heterocycles. The van der Waals surface area contributed by atoms with E-state index in [0.29, 0.717) is 18.5 Å². The van der Waals surface area contributed by atoms with Crippen molar-refractivity contribution in [2.75, 3.05) is 26.7 Å². The molecule has 1 aliphatic heterocycles. The monoisotopic (exact) mass is 534 g/mol. The van der Waals surface area contributed by atoms with Crippen molar-refractivity contribution in [2.45, 2.75) is 38.3 Å². The summed E-state index contributed by atoms with van der Waals surface area (Å²) in [4.78, 5) is 6.62. The van der Waals surface area contributed by atoms with Crippen molar-refractivity contribution < 1.29 is 8.78 Å². The molecular weight excluding hydrogens is 505 g/mol. The van der Waals surface area contributed by atoms with Gasteiger partial charge < -0.3 is 10.6 Å². The molecule has 160 valence electrons. The average molecular weight is 534 g/mol. The van der Waals surface area contributed by atoms with Crippen molar-refractivity contribution in [1.29, 1.82) is 0 Å². The Morgan fingerprint density at radius 2 is 2.00 bits per heavy atom. The number of nitrogens with one attached hydrogen (secondary N) is 2. The first-order valence-corrected chi connectivity index (χ1v) is 10.6. The number of hydrogen-bond donors (Lipinski definition) is 2. The van der Waals surface area contributed by atoms with Crippen LogP contribution in [0.15, 0.2) is 40.0 Å². The van der Waals surface area contributed by atoms with E-state index in [1.165, 1.54) is 17.7 Å². The second kappa shape index (κ2) is 11.8. The fourth-order valence-corrected chi connectivity index (χ4v) is 4.22. The van der Waals surface area contributed by atoms with Gasteiger partial charge in [0, 0.05) is 39.3 Å². The van der Waals surface area contributed by atoms with E-state index >= 15 is 0 Å². The first-order chi connectivity index (χ1) is 13.5. The number of piperidine rings is 1. The van der Waals surface area contributed by atoms with Gasteiger partial charge in [-0.3, -0.25) is 9.89 Å². The second-order valence-corrected chi connectivity index (χ2v) is 8.13. The molecule has 1 fully saturated rings. The third kappa shape index (κ3) is 7.18. The lowest BCUT2D eigenvalue weighted by Crippen LogP contribution is -2.49. The minimum Gasteiger partial charge on any atom is -0.356 e. The first-order valence-electron chi connectivity index (χ1n) is 9.70. The SMILES string of the molecule is CN=C(NCC(C)c1ccsc1)NC1CCN(Cc2ccc(F)c(F)c2)CC1.I. The van der Waals surface area contributed by atoms with Crippen LogP contribution in [0, 0.1) is 11.6 Å². The number of rotatable bonds is 6. The van der Waals surface area contributed by atoms with E-state index in [1.807, 2.05) is 0 Å². The van der Waals surface area contributed by atoms with Gasteiger partial charge in [-0.05, 0) is 58.8 Å². The topological polar surface area (TPSA) is 39.7 Å². The van der Waals surface area contributed by atoms with E-state index in [4.69, 9.17) is 0 Å². The van der Waals surface area contributed by atoms with Gasteiger partial charge in [0.1, 0.15) is 0 Å². The highest BCUT2D eigenvalue weighted by atomic mass is 127. The lowest BCUT2D eigenvalue weighted by Gasteiger charge is -2.33. The first kappa shape index (κ1) is 24.0. The normalized spacial score (nSPS) is 16.9. The van der Waals surface area contributed by atoms with Crippen LogP contribution in [0.5, 0.6) is 0 Å². The van der Waals surface area contributed by atoms with Crippen LogP contribution in [0.1, 0.15) is 36.8 Å². The summed E-state index contributed by atoms with van der Waals surface area (Å²) >= 11 is 1.72. The maximum absolute atomic E-state index is 13.4. The molecule has 0 amide bonds. The van der Waals surface area contributed by atoms with E-state index in [0.717, 1.165) is 44.0 Å². The highest BCUT2D eigenvalue weighted by Gasteiger charge is 2.20. The van der Waals surface area contributed by atoms with Crippen molar-refractivity contribution in [2.24, 2.45) is 4.99 Å². The molecule has 4 nitrogen and oxygen atoms in total. The van der Waals surface area contributed by atoms with Gasteiger partial charge in [-0.25, -0.2) is 8.78 Å². The number of nitrogens with zero attached hydrogens (tertiary/aromatic N) is 2. The molecule has 8 heteroatoms. The molecule has 1 unspecified atom stereocenters. The van der Waals surface area contributed by atoms with Crippen LogP contribution in [-0.4, -0.2) is 43.6 Å². The molecule has 2 aromatic rings. The van der Waals surface area contributed by atoms with Gasteiger partial charge in [-0.15, -0.1) is 24.0 Å². The molecule has 1 aromatic carbocycles. The molecule has 0 saturated carbocycles. The Kier molecular flexibility index (Phi) is 9.78. The van der Waals surface area contributed by atoms with Gasteiger partial charge in [-0.2, -0.15) is 11.3 Å². The molecule has 0 radical (unpaired) electrons. The number of aliphatic imine (C=N–C) groups is 1. The Morgan fingerprint density at radius 3 is 2.62 bits per heavy atom. The quantitative estimate of drug-likeness (QED) is 0.324. The van der Waals surface area contributed by atoms with Crippen LogP contribution in [0.25, 0.3) is 0 Å². The largest absolute Gasteiger partial charge is 0.356 e. The zero-order valence-corrected chi connectivity index (χ0v) is 20.0. The summed E-state index contributed by atoms with van der Waals surface area (Å²) in [6.45, 7) is 5.53. The number of guanidine groups is 1. The molecule has 29 heavy (non-hydrogen) atoms. The van der Waals surface area contributed by atoms with Gasteiger partial charge >= 0.3 is 0 Å². The Morgan fingerprint density at radius 1 is 1.24 bits per heavy atom. The summed E-state index contributed by atoms with van der Waals surface area (Å²) in [6, 6.07) is 6.68. The van der Waals surface area contributed by atoms with Gasteiger partial charge in [0.25, 0.3) is 0 Å². The molecule has 2 N–H and O–H groups in total. The van der Waals surface area contributed by atoms with Crippen LogP contribution in [0.4, 0.5) is 8.78 Å². The summed E-state index contributed by atoms with van der Waals surface area (Å²) in [6.07, 6.45) is 1.98. The number of benzene rings is 1. The lowest BCUT2D eigenvalue weighted by atomic mass is 10.0. The van der Waals surface area contributed by atoms with Crippen molar-refractivity contribution >= 4 is 41.3 Å². The predicted molar refractivity (Wildman–Crippen MR) is 127 cm³/mol. The van der Waals surface area contributed by atoms with Gasteiger partial charge in [0.05, 0.1) is 0 Å². The highest BCUT2D eigenvalue weighted by molar-refractivity contribution is 14.0. The van der Waals surface area contributed by atoms with E-state index in [9.17, 15) is 8.78 Å². The molecule has 2 heterocycles. The molecule has 0 bridgehead atoms. The molecule has 1 aliphatic rings. The molecule has 1 atom stereocenters. The van der Waals surface area contributed by atoms with Gasteiger partial charge in [0.15, 0.2) is 17.6 Å². The van der Waals surface area contributed by atoms with Gasteiger partial charge in [-0.1, -0.05) is 13.0 Å². The third-order valence-electron chi connectivity index (χ3n) is 5.23. The zero-order chi connectivity index (χ0) is 19.9. The van der Waals surface area contributed by atoms with Crippen LogP contribution >= 0.6 is 35.3 Å². The van der Waals surface area contributed by atoms with Crippen molar-refractivity contribution in [3.05, 3.63) is 57.8 Å². The lowest BCUT2D eigenvalue weighted by molar-refractivity contribution is 0.198. The Bertz CT molecular complexity index is 777. The van der Waals surface area contributed by atoms with E-state index < -0.39 is 11.6 Å². The van der Waals surface area contributed by atoms with Crippen LogP contribution < -0.4 is 10.6 Å². The predicted octanol–water partition coefficient (Wildman–Crippen LogP) is 4.58. The minimum atomic E-state index is -0.793. The fraction of sp³-hybridized carbons (Fsp3) is 0.476. The number of likely N-dealkylation sites (tertiary alicyclic amines) is 1. The van der Waals surface area contributed by atoms with E-state index in [2.05, 4.69) is 44.3 Å². The standard InChI is InChI=1S/C21H28F2N4S.HI/c1-15(17-7-10-28-14-17)12-25-21(24-2)26-18-5-8-27(9-6-18)13-16-3-4-19(22)20(23)11-16;/h3-4,7,10-11,14-15,18H,5-6,8-9,12-13H2,1-2H3,(H2,24,25,26);1H. The van der Waals surface area contributed by atoms with Crippen molar-refractivity contribution in [1.82, 2.24) is 15.5 Å². The Hall–Kier alpha value is -1.26. The number of hydrogen-bond acceptors (Lipinski definition) is 3. The van der Waals surface area contributed by atoms with Crippen LogP contribution in [0.3, 0.4) is 0 Å². The molecular formula is C21H29F2IN4S. The average Bonchev–Trinajstić information content (AvgIpc) is 3.24. The molecule has 0 aliphatic carbocycles.